The van der Waals surface area contributed by atoms with Gasteiger partial charge < -0.3 is 40.5 Å². The summed E-state index contributed by atoms with van der Waals surface area (Å²) < 4.78 is 10.9. The minimum atomic E-state index is -1.11. The average molecular weight is 544 g/mol. The molecule has 0 saturated heterocycles. The molecule has 1 heterocycles. The molecule has 5 N–H and O–H groups in total. The topological polar surface area (TPSA) is 198 Å². The summed E-state index contributed by atoms with van der Waals surface area (Å²) in [5.74, 6) is -3.52. The third-order valence-electron chi connectivity index (χ3n) is 4.20. The summed E-state index contributed by atoms with van der Waals surface area (Å²) in [5.41, 5.74) is -1.56. The lowest BCUT2D eigenvalue weighted by atomic mass is 10.2. The van der Waals surface area contributed by atoms with Gasteiger partial charge in [0.05, 0.1) is 0 Å². The molecule has 4 amide bonds. The molecule has 0 saturated carbocycles. The van der Waals surface area contributed by atoms with Crippen LogP contribution in [0.1, 0.15) is 48.5 Å². The first-order valence-electron chi connectivity index (χ1n) is 11.7. The zero-order chi connectivity index (χ0) is 29.3. The summed E-state index contributed by atoms with van der Waals surface area (Å²) in [6, 6.07) is 1.07. The third-order valence-corrected chi connectivity index (χ3v) is 4.20. The largest absolute Gasteiger partial charge is 0.492 e. The molecule has 0 aliphatic heterocycles. The van der Waals surface area contributed by atoms with Crippen LogP contribution in [0.15, 0.2) is 12.1 Å². The quantitative estimate of drug-likeness (QED) is 0.272. The van der Waals surface area contributed by atoms with Gasteiger partial charge in [0.15, 0.2) is 0 Å². The molecule has 0 fully saturated rings. The first kappa shape index (κ1) is 31.9. The second kappa shape index (κ2) is 13.4. The number of ether oxygens (including phenoxy) is 2. The van der Waals surface area contributed by atoms with Crippen molar-refractivity contribution in [2.75, 3.05) is 26.2 Å². The molecule has 0 spiro atoms. The van der Waals surface area contributed by atoms with Crippen molar-refractivity contribution in [2.45, 2.75) is 65.7 Å². The molecule has 214 valence electrons. The Balaban J connectivity index is 2.64. The number of alkyl carbamates (subject to hydrolysis) is 1. The van der Waals surface area contributed by atoms with Crippen LogP contribution in [0.25, 0.3) is 0 Å². The van der Waals surface area contributed by atoms with Gasteiger partial charge in [-0.25, -0.2) is 14.4 Å². The molecule has 0 unspecified atom stereocenters. The molecule has 1 atom stereocenters. The van der Waals surface area contributed by atoms with Gasteiger partial charge in [0, 0.05) is 25.2 Å². The minimum absolute atomic E-state index is 0.0356. The van der Waals surface area contributed by atoms with Gasteiger partial charge >= 0.3 is 18.2 Å². The number of hydrogen-bond donors (Lipinski definition) is 5. The van der Waals surface area contributed by atoms with E-state index in [1.165, 1.54) is 6.92 Å². The fraction of sp³-hybridized carbons (Fsp3) is 0.609. The Labute approximate surface area is 220 Å². The number of rotatable bonds is 10. The van der Waals surface area contributed by atoms with Crippen molar-refractivity contribution in [3.05, 3.63) is 12.1 Å². The van der Waals surface area contributed by atoms with Crippen LogP contribution in [0, 0.1) is 0 Å². The van der Waals surface area contributed by atoms with Gasteiger partial charge in [0.2, 0.25) is 23.6 Å². The Hall–Kier alpha value is -4.17. The van der Waals surface area contributed by atoms with Crippen LogP contribution < -0.4 is 20.8 Å². The van der Waals surface area contributed by atoms with E-state index in [-0.39, 0.29) is 13.1 Å². The first-order valence-corrected chi connectivity index (χ1v) is 11.7. The molecule has 1 rings (SSSR count). The van der Waals surface area contributed by atoms with Crippen molar-refractivity contribution in [3.8, 4) is 11.8 Å². The summed E-state index contributed by atoms with van der Waals surface area (Å²) in [7, 11) is 0. The normalized spacial score (nSPS) is 12.1. The number of carbonyl (C=O) groups is 5. The summed E-state index contributed by atoms with van der Waals surface area (Å²) in [6.07, 6.45) is -1.51. The van der Waals surface area contributed by atoms with Crippen molar-refractivity contribution in [2.24, 2.45) is 0 Å². The van der Waals surface area contributed by atoms with Gasteiger partial charge in [-0.15, -0.1) is 4.73 Å². The molecule has 0 aliphatic rings. The number of amides is 4. The number of nitrogens with zero attached hydrogens (tertiary/aromatic N) is 2. The first-order chi connectivity index (χ1) is 17.4. The van der Waals surface area contributed by atoms with Crippen LogP contribution in [0.5, 0.6) is 11.8 Å². The lowest BCUT2D eigenvalue weighted by Gasteiger charge is -2.27. The maximum atomic E-state index is 12.6. The maximum absolute atomic E-state index is 12.6. The highest BCUT2D eigenvalue weighted by Crippen LogP contribution is 2.18. The van der Waals surface area contributed by atoms with E-state index < -0.39 is 72.1 Å². The molecule has 0 radical (unpaired) electrons. The second-order valence-corrected chi connectivity index (χ2v) is 10.1. The van der Waals surface area contributed by atoms with Gasteiger partial charge in [0.25, 0.3) is 0 Å². The summed E-state index contributed by atoms with van der Waals surface area (Å²) in [4.78, 5) is 66.9. The molecule has 38 heavy (non-hydrogen) atoms. The molecule has 1 aromatic heterocycles. The number of hydrogen-bond acceptors (Lipinski definition) is 10. The maximum Gasteiger partial charge on any atom is 0.410 e. The monoisotopic (exact) mass is 543 g/mol. The number of aromatic nitrogens is 1. The molecule has 15 nitrogen and oxygen atoms in total. The third kappa shape index (κ3) is 12.2. The van der Waals surface area contributed by atoms with Crippen molar-refractivity contribution in [1.82, 2.24) is 25.6 Å². The Bertz CT molecular complexity index is 990. The van der Waals surface area contributed by atoms with E-state index in [1.807, 2.05) is 0 Å². The lowest BCUT2D eigenvalue weighted by Crippen LogP contribution is -2.51. The lowest BCUT2D eigenvalue weighted by molar-refractivity contribution is -0.145. The van der Waals surface area contributed by atoms with E-state index in [0.29, 0.717) is 4.73 Å². The molecule has 0 aromatic carbocycles. The van der Waals surface area contributed by atoms with E-state index in [4.69, 9.17) is 14.3 Å². The van der Waals surface area contributed by atoms with Crippen LogP contribution >= 0.6 is 0 Å². The van der Waals surface area contributed by atoms with E-state index in [1.54, 1.807) is 41.5 Å². The van der Waals surface area contributed by atoms with E-state index in [2.05, 4.69) is 16.0 Å². The average Bonchev–Trinajstić information content (AvgIpc) is 3.06. The van der Waals surface area contributed by atoms with Crippen molar-refractivity contribution < 1.29 is 48.5 Å². The number of carbonyl (C=O) groups excluding carboxylic acids is 5. The van der Waals surface area contributed by atoms with Crippen molar-refractivity contribution in [1.29, 1.82) is 0 Å². The Morgan fingerprint density at radius 1 is 0.947 bits per heavy atom. The van der Waals surface area contributed by atoms with Gasteiger partial charge in [0.1, 0.15) is 30.3 Å². The highest BCUT2D eigenvalue weighted by atomic mass is 16.7. The fourth-order valence-corrected chi connectivity index (χ4v) is 2.64. The Morgan fingerprint density at radius 2 is 1.50 bits per heavy atom. The SMILES string of the molecule is C[C@H](NC(=O)CN(CCNC(=O)OC(C)(C)C)C(=O)OC(C)(C)C)C(=O)NCC(=O)On1c(O)ccc1O. The zero-order valence-electron chi connectivity index (χ0n) is 22.6. The van der Waals surface area contributed by atoms with Gasteiger partial charge in [-0.1, -0.05) is 0 Å². The summed E-state index contributed by atoms with van der Waals surface area (Å²) >= 11 is 0. The molecule has 0 aliphatic carbocycles. The highest BCUT2D eigenvalue weighted by molar-refractivity contribution is 5.90. The van der Waals surface area contributed by atoms with E-state index >= 15 is 0 Å². The predicted octanol–water partition coefficient (Wildman–Crippen LogP) is 0.237. The van der Waals surface area contributed by atoms with E-state index in [0.717, 1.165) is 17.0 Å². The Morgan fingerprint density at radius 3 is 2.03 bits per heavy atom. The van der Waals surface area contributed by atoms with Gasteiger partial charge in [-0.2, -0.15) is 0 Å². The van der Waals surface area contributed by atoms with E-state index in [9.17, 15) is 34.2 Å². The highest BCUT2D eigenvalue weighted by Gasteiger charge is 2.26. The molecular formula is C23H37N5O10. The molecule has 15 heteroatoms. The standard InChI is InChI=1S/C23H37N5O10/c1-14(19(33)25-12-18(32)38-28-16(30)8-9-17(28)31)26-15(29)13-27(21(35)37-23(5,6)7)11-10-24-20(34)36-22(2,3)4/h8-9,14,30-31H,10-13H2,1-7H3,(H,24,34)(H,25,33)(H,26,29)/t14-/m0/s1. The van der Waals surface area contributed by atoms with Crippen LogP contribution in [-0.2, 0) is 23.9 Å². The van der Waals surface area contributed by atoms with Crippen LogP contribution in [0.3, 0.4) is 0 Å². The van der Waals surface area contributed by atoms with Crippen molar-refractivity contribution in [3.63, 3.8) is 0 Å². The Kier molecular flexibility index (Phi) is 11.2. The van der Waals surface area contributed by atoms with Crippen LogP contribution in [0.4, 0.5) is 9.59 Å². The van der Waals surface area contributed by atoms with Crippen LogP contribution in [0.2, 0.25) is 0 Å². The smallest absolute Gasteiger partial charge is 0.410 e. The van der Waals surface area contributed by atoms with Crippen LogP contribution in [-0.4, -0.2) is 93.2 Å². The molecule has 0 bridgehead atoms. The number of nitrogens with one attached hydrogen (secondary N) is 3. The summed E-state index contributed by atoms with van der Waals surface area (Å²) in [5, 5.41) is 26.1. The van der Waals surface area contributed by atoms with Crippen molar-refractivity contribution >= 4 is 30.0 Å². The predicted molar refractivity (Wildman–Crippen MR) is 132 cm³/mol. The zero-order valence-corrected chi connectivity index (χ0v) is 22.6. The molecular weight excluding hydrogens is 506 g/mol. The van der Waals surface area contributed by atoms with Gasteiger partial charge in [-0.05, 0) is 48.5 Å². The number of aromatic hydroxyl groups is 2. The fourth-order valence-electron chi connectivity index (χ4n) is 2.64. The van der Waals surface area contributed by atoms with Gasteiger partial charge in [-0.3, -0.25) is 14.5 Å². The minimum Gasteiger partial charge on any atom is -0.492 e. The second-order valence-electron chi connectivity index (χ2n) is 10.1. The molecule has 1 aromatic rings. The summed E-state index contributed by atoms with van der Waals surface area (Å²) in [6.45, 7) is 10.2.